The van der Waals surface area contributed by atoms with E-state index >= 15 is 0 Å². The SMILES string of the molecule is C=C(Cc1cccc(F)c1F)NC(C)=N/C=C(\C)SCC(C)=N/C=C\C. The van der Waals surface area contributed by atoms with Gasteiger partial charge in [-0.15, -0.1) is 11.8 Å². The fraction of sp³-hybridized carbons (Fsp3) is 0.300. The summed E-state index contributed by atoms with van der Waals surface area (Å²) in [6.07, 6.45) is 5.60. The molecule has 0 heterocycles. The van der Waals surface area contributed by atoms with Gasteiger partial charge in [0.25, 0.3) is 0 Å². The molecule has 0 atom stereocenters. The summed E-state index contributed by atoms with van der Waals surface area (Å²) in [5.41, 5.74) is 1.84. The first-order valence-electron chi connectivity index (χ1n) is 8.19. The van der Waals surface area contributed by atoms with Crippen LogP contribution in [0.15, 0.2) is 63.8 Å². The van der Waals surface area contributed by atoms with E-state index < -0.39 is 11.6 Å². The van der Waals surface area contributed by atoms with Crippen molar-refractivity contribution in [3.63, 3.8) is 0 Å². The minimum absolute atomic E-state index is 0.189. The molecule has 6 heteroatoms. The summed E-state index contributed by atoms with van der Waals surface area (Å²) in [5, 5.41) is 3.00. The number of amidine groups is 1. The summed E-state index contributed by atoms with van der Waals surface area (Å²) in [4.78, 5) is 9.64. The number of hydrogen-bond acceptors (Lipinski definition) is 3. The molecule has 0 unspecified atom stereocenters. The van der Waals surface area contributed by atoms with Crippen molar-refractivity contribution in [1.82, 2.24) is 5.32 Å². The smallest absolute Gasteiger partial charge is 0.162 e. The van der Waals surface area contributed by atoms with E-state index in [2.05, 4.69) is 21.9 Å². The lowest BCUT2D eigenvalue weighted by molar-refractivity contribution is 0.500. The highest BCUT2D eigenvalue weighted by atomic mass is 32.2. The average molecular weight is 378 g/mol. The van der Waals surface area contributed by atoms with Crippen LogP contribution >= 0.6 is 11.8 Å². The molecule has 1 aromatic carbocycles. The fourth-order valence-electron chi connectivity index (χ4n) is 1.93. The van der Waals surface area contributed by atoms with Crippen LogP contribution in [0.2, 0.25) is 0 Å². The number of thioether (sulfide) groups is 1. The van der Waals surface area contributed by atoms with Crippen LogP contribution < -0.4 is 5.32 Å². The van der Waals surface area contributed by atoms with Crippen LogP contribution in [0.4, 0.5) is 8.78 Å². The van der Waals surface area contributed by atoms with Crippen molar-refractivity contribution in [2.45, 2.75) is 34.1 Å². The Labute approximate surface area is 158 Å². The second-order valence-corrected chi connectivity index (χ2v) is 6.93. The normalized spacial score (nSPS) is 13.4. The van der Waals surface area contributed by atoms with Crippen LogP contribution in [0, 0.1) is 11.6 Å². The number of rotatable bonds is 8. The monoisotopic (exact) mass is 377 g/mol. The van der Waals surface area contributed by atoms with Crippen LogP contribution in [0.3, 0.4) is 0 Å². The maximum atomic E-state index is 13.7. The summed E-state index contributed by atoms with van der Waals surface area (Å²) in [7, 11) is 0. The molecule has 1 aromatic rings. The Morgan fingerprint density at radius 3 is 2.65 bits per heavy atom. The maximum absolute atomic E-state index is 13.7. The second kappa shape index (κ2) is 11.4. The third-order valence-corrected chi connectivity index (χ3v) is 4.31. The Morgan fingerprint density at radius 1 is 1.23 bits per heavy atom. The summed E-state index contributed by atoms with van der Waals surface area (Å²) < 4.78 is 26.9. The molecule has 0 fully saturated rings. The molecule has 0 aliphatic carbocycles. The van der Waals surface area contributed by atoms with Gasteiger partial charge in [-0.2, -0.15) is 0 Å². The zero-order chi connectivity index (χ0) is 19.5. The number of nitrogens with zero attached hydrogens (tertiary/aromatic N) is 2. The average Bonchev–Trinajstić information content (AvgIpc) is 2.60. The van der Waals surface area contributed by atoms with E-state index in [1.165, 1.54) is 12.1 Å². The van der Waals surface area contributed by atoms with Crippen molar-refractivity contribution in [1.29, 1.82) is 0 Å². The van der Waals surface area contributed by atoms with E-state index in [0.29, 0.717) is 11.5 Å². The first-order valence-corrected chi connectivity index (χ1v) is 9.18. The van der Waals surface area contributed by atoms with Gasteiger partial charge < -0.3 is 5.32 Å². The Bertz CT molecular complexity index is 749. The quantitative estimate of drug-likeness (QED) is 0.472. The maximum Gasteiger partial charge on any atom is 0.162 e. The Balaban J connectivity index is 2.56. The van der Waals surface area contributed by atoms with E-state index in [1.54, 1.807) is 31.1 Å². The second-order valence-electron chi connectivity index (χ2n) is 5.71. The predicted octanol–water partition coefficient (Wildman–Crippen LogP) is 5.62. The van der Waals surface area contributed by atoms with Gasteiger partial charge in [-0.25, -0.2) is 13.8 Å². The lowest BCUT2D eigenvalue weighted by Crippen LogP contribution is -2.20. The van der Waals surface area contributed by atoms with E-state index in [4.69, 9.17) is 0 Å². The summed E-state index contributed by atoms with van der Waals surface area (Å²) in [6, 6.07) is 4.11. The number of nitrogens with one attached hydrogen (secondary N) is 1. The highest BCUT2D eigenvalue weighted by Crippen LogP contribution is 2.15. The Hall–Kier alpha value is -2.21. The van der Waals surface area contributed by atoms with Crippen molar-refractivity contribution < 1.29 is 8.78 Å². The van der Waals surface area contributed by atoms with Gasteiger partial charge in [-0.3, -0.25) is 4.99 Å². The van der Waals surface area contributed by atoms with Crippen molar-refractivity contribution in [2.75, 3.05) is 5.75 Å². The van der Waals surface area contributed by atoms with Crippen LogP contribution in [0.5, 0.6) is 0 Å². The lowest BCUT2D eigenvalue weighted by atomic mass is 10.1. The molecule has 0 spiro atoms. The molecule has 3 nitrogen and oxygen atoms in total. The van der Waals surface area contributed by atoms with Crippen molar-refractivity contribution >= 4 is 23.3 Å². The van der Waals surface area contributed by atoms with Crippen LogP contribution in [0.25, 0.3) is 0 Å². The van der Waals surface area contributed by atoms with Gasteiger partial charge in [0.15, 0.2) is 11.6 Å². The highest BCUT2D eigenvalue weighted by Gasteiger charge is 2.08. The van der Waals surface area contributed by atoms with Gasteiger partial charge in [0.1, 0.15) is 5.84 Å². The molecule has 1 N–H and O–H groups in total. The zero-order valence-corrected chi connectivity index (χ0v) is 16.5. The topological polar surface area (TPSA) is 36.8 Å². The number of benzene rings is 1. The van der Waals surface area contributed by atoms with Gasteiger partial charge in [0.05, 0.1) is 0 Å². The van der Waals surface area contributed by atoms with Crippen LogP contribution in [-0.4, -0.2) is 17.3 Å². The lowest BCUT2D eigenvalue weighted by Gasteiger charge is -2.10. The van der Waals surface area contributed by atoms with Crippen molar-refractivity contribution in [2.24, 2.45) is 9.98 Å². The molecule has 0 bridgehead atoms. The number of aliphatic imine (C=N–C) groups is 2. The van der Waals surface area contributed by atoms with Crippen LogP contribution in [-0.2, 0) is 6.42 Å². The van der Waals surface area contributed by atoms with Gasteiger partial charge in [0, 0.05) is 40.9 Å². The number of halogens is 2. The zero-order valence-electron chi connectivity index (χ0n) is 15.6. The molecule has 0 radical (unpaired) electrons. The van der Waals surface area contributed by atoms with E-state index in [1.807, 2.05) is 26.8 Å². The molecule has 0 amide bonds. The summed E-state index contributed by atoms with van der Waals surface area (Å²) >= 11 is 1.65. The molecular formula is C20H25F2N3S. The molecule has 0 aliphatic rings. The number of hydrogen-bond donors (Lipinski definition) is 1. The Morgan fingerprint density at radius 2 is 1.96 bits per heavy atom. The summed E-state index contributed by atoms with van der Waals surface area (Å²) in [6.45, 7) is 11.5. The molecule has 0 aliphatic heterocycles. The Kier molecular flexibility index (Phi) is 9.58. The van der Waals surface area contributed by atoms with E-state index in [9.17, 15) is 8.78 Å². The first-order chi connectivity index (χ1) is 12.3. The van der Waals surface area contributed by atoms with Gasteiger partial charge in [-0.05, 0) is 39.3 Å². The van der Waals surface area contributed by atoms with Gasteiger partial charge in [-0.1, -0.05) is 24.8 Å². The summed E-state index contributed by atoms with van der Waals surface area (Å²) in [5.74, 6) is -0.275. The molecule has 140 valence electrons. The predicted molar refractivity (Wildman–Crippen MR) is 110 cm³/mol. The molecule has 0 saturated carbocycles. The first kappa shape index (κ1) is 21.8. The van der Waals surface area contributed by atoms with Gasteiger partial charge >= 0.3 is 0 Å². The highest BCUT2D eigenvalue weighted by molar-refractivity contribution is 8.03. The standard InChI is InChI=1S/C20H25F2N3S/c1-6-10-23-15(3)13-26-16(4)12-24-17(5)25-14(2)11-18-8-7-9-19(21)20(18)22/h6-10,12H,2,11,13H2,1,3-5H3,(H,24,25)/b10-6-,16-12+,23-15?. The molecule has 26 heavy (non-hydrogen) atoms. The van der Waals surface area contributed by atoms with Crippen molar-refractivity contribution in [3.05, 3.63) is 71.1 Å². The third-order valence-electron chi connectivity index (χ3n) is 3.19. The fourth-order valence-corrected chi connectivity index (χ4v) is 2.57. The molecule has 1 rings (SSSR count). The number of allylic oxidation sites excluding steroid dienone is 3. The minimum Gasteiger partial charge on any atom is -0.348 e. The van der Waals surface area contributed by atoms with Crippen molar-refractivity contribution in [3.8, 4) is 0 Å². The largest absolute Gasteiger partial charge is 0.348 e. The molecular weight excluding hydrogens is 352 g/mol. The van der Waals surface area contributed by atoms with E-state index in [-0.39, 0.29) is 12.0 Å². The molecule has 0 aromatic heterocycles. The van der Waals surface area contributed by atoms with E-state index in [0.717, 1.165) is 22.4 Å². The van der Waals surface area contributed by atoms with Gasteiger partial charge in [0.2, 0.25) is 0 Å². The minimum atomic E-state index is -0.857. The van der Waals surface area contributed by atoms with Crippen LogP contribution in [0.1, 0.15) is 33.3 Å². The third kappa shape index (κ3) is 8.25. The molecule has 0 saturated heterocycles.